The highest BCUT2D eigenvalue weighted by Gasteiger charge is 2.32. The topological polar surface area (TPSA) is 70.4 Å². The van der Waals surface area contributed by atoms with Crippen molar-refractivity contribution >= 4 is 21.7 Å². The van der Waals surface area contributed by atoms with E-state index in [9.17, 15) is 19.4 Å². The van der Waals surface area contributed by atoms with Crippen LogP contribution in [0.4, 0.5) is 4.39 Å². The molecule has 0 saturated heterocycles. The SMILES string of the molecule is O=C(C[C@@H]1CCC[C@@H](O)[C@H]1O)c1ccncc1Cc1ccc(Br)cc1F. The molecule has 6 heteroatoms. The monoisotopic (exact) mass is 421 g/mol. The van der Waals surface area contributed by atoms with Gasteiger partial charge in [-0.2, -0.15) is 0 Å². The molecule has 0 spiro atoms. The highest BCUT2D eigenvalue weighted by molar-refractivity contribution is 9.10. The lowest BCUT2D eigenvalue weighted by Crippen LogP contribution is -2.38. The number of hydrogen-bond acceptors (Lipinski definition) is 4. The summed E-state index contributed by atoms with van der Waals surface area (Å²) in [7, 11) is 0. The summed E-state index contributed by atoms with van der Waals surface area (Å²) in [6.07, 6.45) is 3.99. The number of nitrogens with zero attached hydrogens (tertiary/aromatic N) is 1. The molecule has 1 saturated carbocycles. The van der Waals surface area contributed by atoms with E-state index >= 15 is 0 Å². The van der Waals surface area contributed by atoms with Gasteiger partial charge in [-0.05, 0) is 48.1 Å². The lowest BCUT2D eigenvalue weighted by atomic mass is 9.80. The van der Waals surface area contributed by atoms with Crippen LogP contribution in [-0.2, 0) is 6.42 Å². The van der Waals surface area contributed by atoms with Crippen molar-refractivity contribution in [2.75, 3.05) is 0 Å². The molecule has 4 nitrogen and oxygen atoms in total. The number of carbonyl (C=O) groups excluding carboxylic acids is 1. The van der Waals surface area contributed by atoms with Crippen molar-refractivity contribution in [3.8, 4) is 0 Å². The van der Waals surface area contributed by atoms with Gasteiger partial charge in [-0.25, -0.2) is 4.39 Å². The zero-order valence-electron chi connectivity index (χ0n) is 14.2. The second-order valence-corrected chi connectivity index (χ2v) is 7.74. The summed E-state index contributed by atoms with van der Waals surface area (Å²) in [6.45, 7) is 0. The number of hydrogen-bond donors (Lipinski definition) is 2. The molecule has 138 valence electrons. The average molecular weight is 422 g/mol. The van der Waals surface area contributed by atoms with Crippen LogP contribution in [0.1, 0.15) is 47.2 Å². The maximum atomic E-state index is 14.1. The van der Waals surface area contributed by atoms with Crippen LogP contribution in [0.3, 0.4) is 0 Å². The molecule has 0 amide bonds. The molecule has 2 N–H and O–H groups in total. The Morgan fingerprint density at radius 2 is 2.04 bits per heavy atom. The number of benzene rings is 1. The third-order valence-corrected chi connectivity index (χ3v) is 5.49. The average Bonchev–Trinajstić information content (AvgIpc) is 2.62. The number of halogens is 2. The van der Waals surface area contributed by atoms with Gasteiger partial charge in [0, 0.05) is 35.3 Å². The van der Waals surface area contributed by atoms with Gasteiger partial charge in [0.05, 0.1) is 12.2 Å². The van der Waals surface area contributed by atoms with Crippen molar-refractivity contribution in [3.05, 3.63) is 63.6 Å². The molecule has 1 aliphatic carbocycles. The third kappa shape index (κ3) is 4.37. The number of aliphatic hydroxyl groups excluding tert-OH is 2. The minimum atomic E-state index is -0.873. The van der Waals surface area contributed by atoms with Crippen LogP contribution in [0.2, 0.25) is 0 Å². The van der Waals surface area contributed by atoms with Crippen molar-refractivity contribution in [2.45, 2.75) is 44.3 Å². The Morgan fingerprint density at radius 3 is 2.81 bits per heavy atom. The summed E-state index contributed by atoms with van der Waals surface area (Å²) in [5, 5.41) is 19.9. The molecular formula is C20H21BrFNO3. The van der Waals surface area contributed by atoms with E-state index < -0.39 is 12.2 Å². The third-order valence-electron chi connectivity index (χ3n) is 5.00. The molecule has 1 heterocycles. The fraction of sp³-hybridized carbons (Fsp3) is 0.400. The van der Waals surface area contributed by atoms with Gasteiger partial charge < -0.3 is 10.2 Å². The minimum absolute atomic E-state index is 0.113. The smallest absolute Gasteiger partial charge is 0.163 e. The number of aromatic nitrogens is 1. The van der Waals surface area contributed by atoms with Crippen LogP contribution < -0.4 is 0 Å². The van der Waals surface area contributed by atoms with Crippen LogP contribution in [0.5, 0.6) is 0 Å². The Labute approximate surface area is 160 Å². The van der Waals surface area contributed by atoms with E-state index in [1.165, 1.54) is 6.07 Å². The van der Waals surface area contributed by atoms with Crippen molar-refractivity contribution in [1.29, 1.82) is 0 Å². The summed E-state index contributed by atoms with van der Waals surface area (Å²) in [6, 6.07) is 6.48. The van der Waals surface area contributed by atoms with E-state index in [1.807, 2.05) is 0 Å². The standard InChI is InChI=1S/C20H21BrFNO3/c21-15-5-4-12(17(22)10-15)8-14-11-23-7-6-16(14)19(25)9-13-2-1-3-18(24)20(13)26/h4-7,10-11,13,18,20,24,26H,1-3,8-9H2/t13-,18+,20-/m0/s1. The van der Waals surface area contributed by atoms with Gasteiger partial charge in [0.15, 0.2) is 5.78 Å². The van der Waals surface area contributed by atoms with Crippen molar-refractivity contribution < 1.29 is 19.4 Å². The predicted octanol–water partition coefficient (Wildman–Crippen LogP) is 3.67. The molecule has 1 aromatic carbocycles. The number of pyridine rings is 1. The number of ketones is 1. The lowest BCUT2D eigenvalue weighted by molar-refractivity contribution is -0.0445. The molecule has 1 aliphatic rings. The Kier molecular flexibility index (Phi) is 6.16. The van der Waals surface area contributed by atoms with E-state index in [4.69, 9.17) is 0 Å². The minimum Gasteiger partial charge on any atom is -0.390 e. The molecule has 1 fully saturated rings. The quantitative estimate of drug-likeness (QED) is 0.722. The first-order chi connectivity index (χ1) is 12.5. The summed E-state index contributed by atoms with van der Waals surface area (Å²) in [5.41, 5.74) is 1.64. The number of Topliss-reactive ketones (excluding diaryl/α,β-unsaturated/α-hetero) is 1. The fourth-order valence-electron chi connectivity index (χ4n) is 3.53. The summed E-state index contributed by atoms with van der Waals surface area (Å²) in [4.78, 5) is 16.9. The van der Waals surface area contributed by atoms with E-state index in [2.05, 4.69) is 20.9 Å². The van der Waals surface area contributed by atoms with Gasteiger partial charge >= 0.3 is 0 Å². The molecule has 0 unspecified atom stereocenters. The summed E-state index contributed by atoms with van der Waals surface area (Å²) >= 11 is 3.23. The Morgan fingerprint density at radius 1 is 1.23 bits per heavy atom. The van der Waals surface area contributed by atoms with Crippen LogP contribution in [0.15, 0.2) is 41.1 Å². The molecular weight excluding hydrogens is 401 g/mol. The predicted molar refractivity (Wildman–Crippen MR) is 99.4 cm³/mol. The molecule has 0 radical (unpaired) electrons. The van der Waals surface area contributed by atoms with Crippen LogP contribution in [0.25, 0.3) is 0 Å². The molecule has 3 rings (SSSR count). The Hall–Kier alpha value is -1.63. The second-order valence-electron chi connectivity index (χ2n) is 6.82. The number of rotatable bonds is 5. The van der Waals surface area contributed by atoms with Crippen molar-refractivity contribution in [2.24, 2.45) is 5.92 Å². The van der Waals surface area contributed by atoms with Crippen LogP contribution >= 0.6 is 15.9 Å². The van der Waals surface area contributed by atoms with Gasteiger partial charge in [0.25, 0.3) is 0 Å². The molecule has 1 aromatic heterocycles. The van der Waals surface area contributed by atoms with Gasteiger partial charge in [0.1, 0.15) is 5.82 Å². The van der Waals surface area contributed by atoms with Crippen molar-refractivity contribution in [3.63, 3.8) is 0 Å². The zero-order chi connectivity index (χ0) is 18.7. The van der Waals surface area contributed by atoms with Crippen LogP contribution in [0, 0.1) is 11.7 Å². The molecule has 26 heavy (non-hydrogen) atoms. The first-order valence-electron chi connectivity index (χ1n) is 8.72. The molecule has 3 atom stereocenters. The van der Waals surface area contributed by atoms with Gasteiger partial charge in [-0.1, -0.05) is 28.4 Å². The highest BCUT2D eigenvalue weighted by atomic mass is 79.9. The zero-order valence-corrected chi connectivity index (χ0v) is 15.8. The van der Waals surface area contributed by atoms with Crippen LogP contribution in [-0.4, -0.2) is 33.2 Å². The maximum absolute atomic E-state index is 14.1. The number of carbonyl (C=O) groups is 1. The highest BCUT2D eigenvalue weighted by Crippen LogP contribution is 2.29. The van der Waals surface area contributed by atoms with E-state index in [1.54, 1.807) is 30.6 Å². The first-order valence-corrected chi connectivity index (χ1v) is 9.51. The maximum Gasteiger partial charge on any atom is 0.163 e. The normalized spacial score (nSPS) is 23.0. The molecule has 0 aliphatic heterocycles. The van der Waals surface area contributed by atoms with E-state index in [0.717, 1.165) is 6.42 Å². The largest absolute Gasteiger partial charge is 0.390 e. The Bertz CT molecular complexity index is 798. The van der Waals surface area contributed by atoms with Gasteiger partial charge in [0.2, 0.25) is 0 Å². The van der Waals surface area contributed by atoms with E-state index in [0.29, 0.717) is 34.0 Å². The lowest BCUT2D eigenvalue weighted by Gasteiger charge is -2.31. The fourth-order valence-corrected chi connectivity index (χ4v) is 3.86. The molecule has 0 bridgehead atoms. The van der Waals surface area contributed by atoms with Crippen molar-refractivity contribution in [1.82, 2.24) is 4.98 Å². The summed E-state index contributed by atoms with van der Waals surface area (Å²) < 4.78 is 14.8. The van der Waals surface area contributed by atoms with Gasteiger partial charge in [-0.3, -0.25) is 9.78 Å². The van der Waals surface area contributed by atoms with E-state index in [-0.39, 0.29) is 30.4 Å². The van der Waals surface area contributed by atoms with Gasteiger partial charge in [-0.15, -0.1) is 0 Å². The molecule has 2 aromatic rings. The summed E-state index contributed by atoms with van der Waals surface area (Å²) in [5.74, 6) is -0.706. The number of aliphatic hydroxyl groups is 2. The first kappa shape index (κ1) is 19.1. The second kappa shape index (κ2) is 8.37. The Balaban J connectivity index is 1.79.